The van der Waals surface area contributed by atoms with Gasteiger partial charge in [0.05, 0.1) is 24.1 Å². The van der Waals surface area contributed by atoms with Crippen molar-refractivity contribution in [2.24, 2.45) is 0 Å². The number of hydrogen-bond donors (Lipinski definition) is 0. The molecule has 0 radical (unpaired) electrons. The predicted octanol–water partition coefficient (Wildman–Crippen LogP) is 6.88. The molecule has 1 fully saturated rings. The zero-order valence-electron chi connectivity index (χ0n) is 21.1. The first-order chi connectivity index (χ1) is 18.4. The number of carbonyl (C=O) groups is 2. The van der Waals surface area contributed by atoms with Gasteiger partial charge < -0.3 is 14.0 Å². The van der Waals surface area contributed by atoms with Crippen molar-refractivity contribution in [2.45, 2.75) is 33.0 Å². The summed E-state index contributed by atoms with van der Waals surface area (Å²) in [5.41, 5.74) is 2.55. The Hall–Kier alpha value is -4.04. The summed E-state index contributed by atoms with van der Waals surface area (Å²) in [4.78, 5) is 27.2. The average Bonchev–Trinajstić information content (AvgIpc) is 3.38. The summed E-state index contributed by atoms with van der Waals surface area (Å²) >= 11 is 0.917. The first kappa shape index (κ1) is 25.6. The van der Waals surface area contributed by atoms with Crippen molar-refractivity contribution >= 4 is 39.9 Å². The number of para-hydroxylation sites is 1. The molecule has 194 valence electrons. The van der Waals surface area contributed by atoms with Crippen molar-refractivity contribution in [3.63, 3.8) is 0 Å². The molecular formula is C30H27FN2O4S. The number of fused-ring (bicyclic) bond motifs is 1. The fourth-order valence-corrected chi connectivity index (χ4v) is 5.10. The highest BCUT2D eigenvalue weighted by Gasteiger charge is 2.35. The molecule has 1 saturated heterocycles. The smallest absolute Gasteiger partial charge is 0.293 e. The van der Waals surface area contributed by atoms with Gasteiger partial charge in [-0.15, -0.1) is 0 Å². The molecule has 0 spiro atoms. The molecule has 0 atom stereocenters. The summed E-state index contributed by atoms with van der Waals surface area (Å²) in [5.74, 6) is 0.844. The Bertz CT molecular complexity index is 1490. The fraction of sp³-hybridized carbons (Fsp3) is 0.200. The molecule has 4 aromatic rings. The van der Waals surface area contributed by atoms with Gasteiger partial charge in [-0.05, 0) is 79.7 Å². The topological polar surface area (TPSA) is 60.8 Å². The van der Waals surface area contributed by atoms with E-state index in [1.165, 1.54) is 17.0 Å². The standard InChI is InChI=1S/C30H27FN2O4S/c1-20(2)37-25-13-11-24(12-14-25)36-16-15-32-19-22(26-5-3-4-6-27(26)32)17-28-29(34)33(30(35)38-28)18-21-7-9-23(31)10-8-21/h3-14,17,19-20H,15-16,18H2,1-2H3/b28-17-. The Balaban J connectivity index is 1.30. The van der Waals surface area contributed by atoms with Crippen LogP contribution < -0.4 is 9.47 Å². The molecule has 8 heteroatoms. The third-order valence-electron chi connectivity index (χ3n) is 6.03. The largest absolute Gasteiger partial charge is 0.492 e. The molecule has 3 aromatic carbocycles. The Labute approximate surface area is 224 Å². The minimum absolute atomic E-state index is 0.103. The van der Waals surface area contributed by atoms with E-state index < -0.39 is 0 Å². The lowest BCUT2D eigenvalue weighted by molar-refractivity contribution is -0.123. The van der Waals surface area contributed by atoms with Gasteiger partial charge in [-0.1, -0.05) is 30.3 Å². The summed E-state index contributed by atoms with van der Waals surface area (Å²) in [6.07, 6.45) is 3.85. The summed E-state index contributed by atoms with van der Waals surface area (Å²) < 4.78 is 26.9. The molecule has 0 bridgehead atoms. The van der Waals surface area contributed by atoms with Gasteiger partial charge in [-0.2, -0.15) is 0 Å². The van der Waals surface area contributed by atoms with Crippen LogP contribution in [0.4, 0.5) is 9.18 Å². The van der Waals surface area contributed by atoms with Gasteiger partial charge in [0.15, 0.2) is 0 Å². The molecule has 0 unspecified atom stereocenters. The highest BCUT2D eigenvalue weighted by atomic mass is 32.2. The van der Waals surface area contributed by atoms with Gasteiger partial charge in [-0.3, -0.25) is 14.5 Å². The number of rotatable bonds is 9. The van der Waals surface area contributed by atoms with E-state index >= 15 is 0 Å². The third-order valence-corrected chi connectivity index (χ3v) is 6.94. The van der Waals surface area contributed by atoms with Gasteiger partial charge >= 0.3 is 0 Å². The van der Waals surface area contributed by atoms with Crippen LogP contribution in [0.3, 0.4) is 0 Å². The fourth-order valence-electron chi connectivity index (χ4n) is 4.27. The van der Waals surface area contributed by atoms with E-state index in [0.29, 0.717) is 23.6 Å². The quantitative estimate of drug-likeness (QED) is 0.221. The first-order valence-electron chi connectivity index (χ1n) is 12.3. The number of carbonyl (C=O) groups excluding carboxylic acids is 2. The molecule has 0 N–H and O–H groups in total. The van der Waals surface area contributed by atoms with Crippen molar-refractivity contribution in [1.29, 1.82) is 0 Å². The predicted molar refractivity (Wildman–Crippen MR) is 148 cm³/mol. The lowest BCUT2D eigenvalue weighted by Gasteiger charge is -2.12. The Kier molecular flexibility index (Phi) is 7.51. The van der Waals surface area contributed by atoms with Crippen LogP contribution in [0.15, 0.2) is 83.9 Å². The number of imide groups is 1. The molecule has 1 aliphatic heterocycles. The SMILES string of the molecule is CC(C)Oc1ccc(OCCn2cc(/C=C3\SC(=O)N(Cc4ccc(F)cc4)C3=O)c3ccccc32)cc1. The van der Waals surface area contributed by atoms with E-state index in [0.717, 1.165) is 39.7 Å². The van der Waals surface area contributed by atoms with Gasteiger partial charge in [0.2, 0.25) is 0 Å². The van der Waals surface area contributed by atoms with Crippen LogP contribution in [0.2, 0.25) is 0 Å². The van der Waals surface area contributed by atoms with Crippen molar-refractivity contribution in [2.75, 3.05) is 6.61 Å². The maximum absolute atomic E-state index is 13.2. The van der Waals surface area contributed by atoms with Crippen molar-refractivity contribution < 1.29 is 23.5 Å². The molecule has 1 aliphatic rings. The lowest BCUT2D eigenvalue weighted by Crippen LogP contribution is -2.27. The highest BCUT2D eigenvalue weighted by molar-refractivity contribution is 8.18. The summed E-state index contributed by atoms with van der Waals surface area (Å²) in [7, 11) is 0. The minimum Gasteiger partial charge on any atom is -0.492 e. The van der Waals surface area contributed by atoms with E-state index in [1.54, 1.807) is 18.2 Å². The van der Waals surface area contributed by atoms with Crippen LogP contribution in [0.25, 0.3) is 17.0 Å². The van der Waals surface area contributed by atoms with E-state index in [2.05, 4.69) is 4.57 Å². The zero-order valence-corrected chi connectivity index (χ0v) is 21.9. The van der Waals surface area contributed by atoms with E-state index in [9.17, 15) is 14.0 Å². The maximum Gasteiger partial charge on any atom is 0.293 e. The van der Waals surface area contributed by atoms with Crippen molar-refractivity contribution in [1.82, 2.24) is 9.47 Å². The molecule has 1 aromatic heterocycles. The van der Waals surface area contributed by atoms with E-state index in [1.807, 2.05) is 68.6 Å². The number of thioether (sulfide) groups is 1. The zero-order chi connectivity index (χ0) is 26.6. The Morgan fingerprint density at radius 2 is 1.66 bits per heavy atom. The normalized spacial score (nSPS) is 14.7. The van der Waals surface area contributed by atoms with Gasteiger partial charge in [0, 0.05) is 22.7 Å². The van der Waals surface area contributed by atoms with Gasteiger partial charge in [0.25, 0.3) is 11.1 Å². The van der Waals surface area contributed by atoms with E-state index in [-0.39, 0.29) is 29.6 Å². The molecule has 0 aliphatic carbocycles. The second-order valence-electron chi connectivity index (χ2n) is 9.18. The lowest BCUT2D eigenvalue weighted by atomic mass is 10.1. The monoisotopic (exact) mass is 530 g/mol. The number of nitrogens with zero attached hydrogens (tertiary/aromatic N) is 2. The van der Waals surface area contributed by atoms with Gasteiger partial charge in [-0.25, -0.2) is 4.39 Å². The molecule has 0 saturated carbocycles. The van der Waals surface area contributed by atoms with Crippen LogP contribution in [0, 0.1) is 5.82 Å². The van der Waals surface area contributed by atoms with E-state index in [4.69, 9.17) is 9.47 Å². The maximum atomic E-state index is 13.2. The second kappa shape index (κ2) is 11.1. The third kappa shape index (κ3) is 5.75. The van der Waals surface area contributed by atoms with Crippen LogP contribution in [-0.2, 0) is 17.9 Å². The number of hydrogen-bond acceptors (Lipinski definition) is 5. The first-order valence-corrected chi connectivity index (χ1v) is 13.2. The molecular weight excluding hydrogens is 503 g/mol. The van der Waals surface area contributed by atoms with Gasteiger partial charge in [0.1, 0.15) is 23.9 Å². The van der Waals surface area contributed by atoms with Crippen LogP contribution >= 0.6 is 11.8 Å². The van der Waals surface area contributed by atoms with Crippen LogP contribution in [0.1, 0.15) is 25.0 Å². The Morgan fingerprint density at radius 3 is 2.39 bits per heavy atom. The number of aromatic nitrogens is 1. The summed E-state index contributed by atoms with van der Waals surface area (Å²) in [5, 5.41) is 0.639. The average molecular weight is 531 g/mol. The molecule has 5 rings (SSSR count). The highest BCUT2D eigenvalue weighted by Crippen LogP contribution is 2.35. The van der Waals surface area contributed by atoms with Crippen molar-refractivity contribution in [3.05, 3.63) is 101 Å². The second-order valence-corrected chi connectivity index (χ2v) is 10.2. The Morgan fingerprint density at radius 1 is 0.947 bits per heavy atom. The summed E-state index contributed by atoms with van der Waals surface area (Å²) in [6.45, 7) is 5.13. The number of halogens is 1. The molecule has 2 heterocycles. The van der Waals surface area contributed by atoms with Crippen LogP contribution in [-0.4, -0.2) is 33.3 Å². The number of benzene rings is 3. The number of ether oxygens (including phenoxy) is 2. The minimum atomic E-state index is -0.362. The molecule has 2 amide bonds. The number of amides is 2. The molecule has 6 nitrogen and oxygen atoms in total. The van der Waals surface area contributed by atoms with Crippen LogP contribution in [0.5, 0.6) is 11.5 Å². The van der Waals surface area contributed by atoms with Crippen molar-refractivity contribution in [3.8, 4) is 11.5 Å². The summed E-state index contributed by atoms with van der Waals surface area (Å²) in [6, 6.07) is 21.3. The molecule has 38 heavy (non-hydrogen) atoms.